The van der Waals surface area contributed by atoms with E-state index in [0.29, 0.717) is 0 Å². The third-order valence-electron chi connectivity index (χ3n) is 3.17. The number of rotatable bonds is 6. The average Bonchev–Trinajstić information content (AvgIpc) is 2.48. The van der Waals surface area contributed by atoms with Crippen LogP contribution in [0, 0.1) is 6.42 Å². The number of hydrogen-bond acceptors (Lipinski definition) is 2. The fraction of sp³-hybridized carbons (Fsp3) is 0.235. The first-order valence-corrected chi connectivity index (χ1v) is 6.89. The van der Waals surface area contributed by atoms with Gasteiger partial charge in [-0.3, -0.25) is 0 Å². The number of methoxy groups -OCH3 is 2. The molecule has 0 aliphatic rings. The molecular weight excluding hydrogens is 272 g/mol. The minimum absolute atomic E-state index is 0.760. The maximum Gasteiger partial charge on any atom is 0.163 e. The van der Waals surface area contributed by atoms with E-state index in [2.05, 4.69) is 6.42 Å². The monoisotopic (exact) mass is 289 g/mol. The van der Waals surface area contributed by atoms with Crippen molar-refractivity contribution in [2.75, 3.05) is 14.2 Å². The van der Waals surface area contributed by atoms with E-state index >= 15 is 0 Å². The predicted molar refractivity (Wildman–Crippen MR) is 82.7 cm³/mol. The van der Waals surface area contributed by atoms with E-state index < -0.39 is 0 Å². The van der Waals surface area contributed by atoms with Crippen LogP contribution in [0.25, 0.3) is 0 Å². The quantitative estimate of drug-likeness (QED) is 0.787. The zero-order valence-electron chi connectivity index (χ0n) is 11.7. The van der Waals surface area contributed by atoms with Gasteiger partial charge in [0.05, 0.1) is 14.2 Å². The predicted octanol–water partition coefficient (Wildman–Crippen LogP) is 4.35. The summed E-state index contributed by atoms with van der Waals surface area (Å²) in [4.78, 5) is 0. The largest absolute Gasteiger partial charge is 0.493 e. The highest BCUT2D eigenvalue weighted by atomic mass is 35.5. The fourth-order valence-electron chi connectivity index (χ4n) is 2.16. The number of para-hydroxylation sites is 1. The topological polar surface area (TPSA) is 18.5 Å². The van der Waals surface area contributed by atoms with Crippen LogP contribution in [-0.2, 0) is 12.8 Å². The normalized spacial score (nSPS) is 10.3. The number of ether oxygens (including phenoxy) is 2. The Bertz CT molecular complexity index is 567. The molecule has 3 heteroatoms. The molecule has 2 rings (SSSR count). The molecule has 0 saturated carbocycles. The Hall–Kier alpha value is -1.67. The van der Waals surface area contributed by atoms with Gasteiger partial charge < -0.3 is 9.47 Å². The second-order valence-electron chi connectivity index (χ2n) is 4.44. The van der Waals surface area contributed by atoms with Gasteiger partial charge in [-0.2, -0.15) is 0 Å². The molecule has 2 aromatic rings. The van der Waals surface area contributed by atoms with Gasteiger partial charge in [-0.05, 0) is 42.5 Å². The van der Waals surface area contributed by atoms with Crippen molar-refractivity contribution in [1.82, 2.24) is 0 Å². The lowest BCUT2D eigenvalue weighted by molar-refractivity contribution is 0.352. The van der Waals surface area contributed by atoms with Gasteiger partial charge >= 0.3 is 0 Å². The summed E-state index contributed by atoms with van der Waals surface area (Å²) in [6.07, 6.45) is 3.84. The molecule has 2 aromatic carbocycles. The first-order chi connectivity index (χ1) is 9.76. The Balaban J connectivity index is 2.03. The van der Waals surface area contributed by atoms with Crippen molar-refractivity contribution < 1.29 is 9.47 Å². The molecule has 0 aliphatic carbocycles. The molecule has 0 aliphatic heterocycles. The lowest BCUT2D eigenvalue weighted by atomic mass is 10.0. The van der Waals surface area contributed by atoms with Crippen LogP contribution in [0.15, 0.2) is 42.5 Å². The van der Waals surface area contributed by atoms with Crippen molar-refractivity contribution in [2.45, 2.75) is 12.8 Å². The molecule has 105 valence electrons. The summed E-state index contributed by atoms with van der Waals surface area (Å²) in [5.41, 5.74) is 2.25. The van der Waals surface area contributed by atoms with Crippen molar-refractivity contribution in [3.05, 3.63) is 65.0 Å². The zero-order valence-corrected chi connectivity index (χ0v) is 12.5. The van der Waals surface area contributed by atoms with E-state index in [1.165, 1.54) is 0 Å². The molecular formula is C17H18ClO2. The molecule has 0 aromatic heterocycles. The van der Waals surface area contributed by atoms with Crippen molar-refractivity contribution in [3.8, 4) is 11.5 Å². The number of benzene rings is 2. The average molecular weight is 290 g/mol. The first kappa shape index (κ1) is 14.7. The molecule has 20 heavy (non-hydrogen) atoms. The Morgan fingerprint density at radius 2 is 1.60 bits per heavy atom. The van der Waals surface area contributed by atoms with Crippen molar-refractivity contribution >= 4 is 11.6 Å². The smallest absolute Gasteiger partial charge is 0.163 e. The summed E-state index contributed by atoms with van der Waals surface area (Å²) in [7, 11) is 3.31. The summed E-state index contributed by atoms with van der Waals surface area (Å²) >= 11 is 6.15. The summed E-state index contributed by atoms with van der Waals surface area (Å²) in [6.45, 7) is 0. The second kappa shape index (κ2) is 7.20. The lowest BCUT2D eigenvalue weighted by Crippen LogP contribution is -1.98. The molecule has 0 fully saturated rings. The lowest BCUT2D eigenvalue weighted by Gasteiger charge is -2.12. The van der Waals surface area contributed by atoms with Crippen molar-refractivity contribution in [3.63, 3.8) is 0 Å². The van der Waals surface area contributed by atoms with Crippen LogP contribution in [0.4, 0.5) is 0 Å². The van der Waals surface area contributed by atoms with Crippen molar-refractivity contribution in [1.29, 1.82) is 0 Å². The van der Waals surface area contributed by atoms with E-state index in [-0.39, 0.29) is 0 Å². The zero-order chi connectivity index (χ0) is 14.4. The Morgan fingerprint density at radius 3 is 2.30 bits per heavy atom. The van der Waals surface area contributed by atoms with Crippen LogP contribution >= 0.6 is 11.6 Å². The van der Waals surface area contributed by atoms with Gasteiger partial charge in [0.1, 0.15) is 0 Å². The molecule has 1 radical (unpaired) electrons. The van der Waals surface area contributed by atoms with Gasteiger partial charge in [0.15, 0.2) is 11.5 Å². The Morgan fingerprint density at radius 1 is 0.900 bits per heavy atom. The van der Waals surface area contributed by atoms with E-state index in [1.54, 1.807) is 14.2 Å². The first-order valence-electron chi connectivity index (χ1n) is 6.51. The summed E-state index contributed by atoms with van der Waals surface area (Å²) in [5, 5.41) is 0.807. The molecule has 2 nitrogen and oxygen atoms in total. The minimum Gasteiger partial charge on any atom is -0.493 e. The molecule has 0 N–H and O–H groups in total. The molecule has 0 heterocycles. The summed E-state index contributed by atoms with van der Waals surface area (Å²) in [6, 6.07) is 13.8. The Labute approximate surface area is 125 Å². The van der Waals surface area contributed by atoms with Gasteiger partial charge in [0, 0.05) is 5.02 Å². The van der Waals surface area contributed by atoms with Crippen LogP contribution < -0.4 is 9.47 Å². The Kier molecular flexibility index (Phi) is 5.31. The van der Waals surface area contributed by atoms with Crippen LogP contribution in [-0.4, -0.2) is 14.2 Å². The third-order valence-corrected chi connectivity index (χ3v) is 3.54. The van der Waals surface area contributed by atoms with Crippen LogP contribution in [0.5, 0.6) is 11.5 Å². The highest BCUT2D eigenvalue weighted by molar-refractivity contribution is 6.31. The van der Waals surface area contributed by atoms with E-state index in [9.17, 15) is 0 Å². The SMILES string of the molecule is COc1cccc(C[CH]Cc2ccccc2Cl)c1OC. The fourth-order valence-corrected chi connectivity index (χ4v) is 2.37. The minimum atomic E-state index is 0.760. The maximum atomic E-state index is 6.15. The van der Waals surface area contributed by atoms with Gasteiger partial charge in [0.25, 0.3) is 0 Å². The van der Waals surface area contributed by atoms with Gasteiger partial charge in [-0.15, -0.1) is 0 Å². The number of hydrogen-bond donors (Lipinski definition) is 0. The van der Waals surface area contributed by atoms with Gasteiger partial charge in [-0.25, -0.2) is 0 Å². The highest BCUT2D eigenvalue weighted by Crippen LogP contribution is 2.31. The molecule has 0 atom stereocenters. The van der Waals surface area contributed by atoms with Crippen molar-refractivity contribution in [2.24, 2.45) is 0 Å². The molecule has 0 amide bonds. The standard InChI is InChI=1S/C17H18ClO2/c1-19-16-12-6-10-14(17(16)20-2)9-5-8-13-7-3-4-11-15(13)18/h3-7,10-12H,8-9H2,1-2H3. The van der Waals surface area contributed by atoms with E-state index in [0.717, 1.165) is 40.5 Å². The molecule has 0 spiro atoms. The number of halogens is 1. The molecule has 0 bridgehead atoms. The summed E-state index contributed by atoms with van der Waals surface area (Å²) < 4.78 is 10.7. The van der Waals surface area contributed by atoms with E-state index in [1.807, 2.05) is 42.5 Å². The molecule has 0 unspecified atom stereocenters. The highest BCUT2D eigenvalue weighted by Gasteiger charge is 2.09. The summed E-state index contributed by atoms with van der Waals surface area (Å²) in [5.74, 6) is 1.56. The maximum absolute atomic E-state index is 6.15. The van der Waals surface area contributed by atoms with Crippen LogP contribution in [0.2, 0.25) is 5.02 Å². The molecule has 0 saturated heterocycles. The van der Waals surface area contributed by atoms with Gasteiger partial charge in [0.2, 0.25) is 0 Å². The second-order valence-corrected chi connectivity index (χ2v) is 4.85. The van der Waals surface area contributed by atoms with E-state index in [4.69, 9.17) is 21.1 Å². The van der Waals surface area contributed by atoms with Gasteiger partial charge in [-0.1, -0.05) is 41.9 Å². The third kappa shape index (κ3) is 3.45. The van der Waals surface area contributed by atoms with Crippen LogP contribution in [0.3, 0.4) is 0 Å². The van der Waals surface area contributed by atoms with Crippen LogP contribution in [0.1, 0.15) is 11.1 Å².